The molecule has 4 rings (SSSR count). The van der Waals surface area contributed by atoms with Gasteiger partial charge in [-0.2, -0.15) is 17.5 Å². The molecule has 0 radical (unpaired) electrons. The van der Waals surface area contributed by atoms with Crippen LogP contribution in [0.4, 0.5) is 18.3 Å². The number of benzene rings is 2. The lowest BCUT2D eigenvalue weighted by Crippen LogP contribution is -2.48. The van der Waals surface area contributed by atoms with Crippen molar-refractivity contribution in [1.29, 1.82) is 0 Å². The van der Waals surface area contributed by atoms with Gasteiger partial charge in [0, 0.05) is 49.7 Å². The van der Waals surface area contributed by atoms with Crippen molar-refractivity contribution < 1.29 is 18.0 Å². The van der Waals surface area contributed by atoms with E-state index in [1.807, 2.05) is 6.92 Å². The number of piperazine rings is 1. The van der Waals surface area contributed by atoms with Crippen molar-refractivity contribution in [2.75, 3.05) is 31.1 Å². The number of carbonyl (C=O) groups is 1. The average Bonchev–Trinajstić information content (AvgIpc) is 3.23. The molecule has 1 aromatic heterocycles. The number of aromatic nitrogens is 2. The fourth-order valence-corrected chi connectivity index (χ4v) is 4.18. The van der Waals surface area contributed by atoms with Crippen LogP contribution in [0.5, 0.6) is 0 Å². The van der Waals surface area contributed by atoms with Crippen molar-refractivity contribution in [2.24, 2.45) is 0 Å². The first-order chi connectivity index (χ1) is 14.8. The summed E-state index contributed by atoms with van der Waals surface area (Å²) in [5.41, 5.74) is 1.59. The summed E-state index contributed by atoms with van der Waals surface area (Å²) in [7, 11) is 0. The Labute approximate surface area is 182 Å². The zero-order valence-corrected chi connectivity index (χ0v) is 17.7. The highest BCUT2D eigenvalue weighted by atomic mass is 32.1. The molecule has 2 heterocycles. The maximum atomic E-state index is 12.9. The van der Waals surface area contributed by atoms with Crippen molar-refractivity contribution in [3.63, 3.8) is 0 Å². The van der Waals surface area contributed by atoms with Crippen LogP contribution in [-0.2, 0) is 12.6 Å². The summed E-state index contributed by atoms with van der Waals surface area (Å²) >= 11 is 1.33. The van der Waals surface area contributed by atoms with Crippen molar-refractivity contribution in [3.05, 3.63) is 76.6 Å². The third kappa shape index (κ3) is 5.04. The number of carbonyl (C=O) groups excluding carboxylic acids is 1. The molecule has 0 spiro atoms. The van der Waals surface area contributed by atoms with Gasteiger partial charge in [0.15, 0.2) is 0 Å². The molecular weight excluding hydrogens is 425 g/mol. The van der Waals surface area contributed by atoms with Crippen LogP contribution in [-0.4, -0.2) is 46.3 Å². The highest BCUT2D eigenvalue weighted by molar-refractivity contribution is 7.09. The van der Waals surface area contributed by atoms with Gasteiger partial charge in [-0.1, -0.05) is 35.9 Å². The lowest BCUT2D eigenvalue weighted by atomic mass is 10.1. The predicted molar refractivity (Wildman–Crippen MR) is 113 cm³/mol. The standard InChI is InChI=1S/C22H21F3N4OS/c1-15-5-7-16(8-6-15)13-19-26-21(31-27-19)29-11-9-28(10-12-29)20(30)17-3-2-4-18(14-17)22(23,24)25/h2-8,14H,9-13H2,1H3. The Hall–Kier alpha value is -2.94. The third-order valence-corrected chi connectivity index (χ3v) is 6.03. The lowest BCUT2D eigenvalue weighted by molar-refractivity contribution is -0.137. The number of amides is 1. The second-order valence-electron chi connectivity index (χ2n) is 7.51. The summed E-state index contributed by atoms with van der Waals surface area (Å²) in [5, 5.41) is 0.799. The van der Waals surface area contributed by atoms with Crippen LogP contribution in [0, 0.1) is 6.92 Å². The summed E-state index contributed by atoms with van der Waals surface area (Å²) in [6.07, 6.45) is -3.81. The summed E-state index contributed by atoms with van der Waals surface area (Å²) in [4.78, 5) is 20.9. The van der Waals surface area contributed by atoms with Gasteiger partial charge in [-0.15, -0.1) is 0 Å². The molecule has 3 aromatic rings. The van der Waals surface area contributed by atoms with Crippen molar-refractivity contribution in [2.45, 2.75) is 19.5 Å². The van der Waals surface area contributed by atoms with Crippen LogP contribution in [0.25, 0.3) is 0 Å². The zero-order valence-electron chi connectivity index (χ0n) is 16.9. The van der Waals surface area contributed by atoms with Crippen LogP contribution in [0.3, 0.4) is 0 Å². The Morgan fingerprint density at radius 1 is 1.06 bits per heavy atom. The Morgan fingerprint density at radius 2 is 1.77 bits per heavy atom. The Morgan fingerprint density at radius 3 is 2.45 bits per heavy atom. The predicted octanol–water partition coefficient (Wildman–Crippen LogP) is 4.42. The smallest absolute Gasteiger partial charge is 0.343 e. The highest BCUT2D eigenvalue weighted by Gasteiger charge is 2.32. The molecule has 0 unspecified atom stereocenters. The first-order valence-electron chi connectivity index (χ1n) is 9.89. The van der Waals surface area contributed by atoms with E-state index >= 15 is 0 Å². The number of hydrogen-bond donors (Lipinski definition) is 0. The minimum atomic E-state index is -4.47. The van der Waals surface area contributed by atoms with E-state index in [-0.39, 0.29) is 11.5 Å². The molecule has 1 saturated heterocycles. The van der Waals surface area contributed by atoms with Gasteiger partial charge in [0.1, 0.15) is 5.82 Å². The zero-order chi connectivity index (χ0) is 22.0. The topological polar surface area (TPSA) is 49.3 Å². The fraction of sp³-hybridized carbons (Fsp3) is 0.318. The molecule has 0 bridgehead atoms. The lowest BCUT2D eigenvalue weighted by Gasteiger charge is -2.34. The molecule has 2 aromatic carbocycles. The minimum Gasteiger partial charge on any atom is -0.343 e. The van der Waals surface area contributed by atoms with E-state index in [1.54, 1.807) is 4.90 Å². The molecule has 5 nitrogen and oxygen atoms in total. The molecule has 1 fully saturated rings. The highest BCUT2D eigenvalue weighted by Crippen LogP contribution is 2.30. The molecule has 1 amide bonds. The van der Waals surface area contributed by atoms with Gasteiger partial charge < -0.3 is 9.80 Å². The number of rotatable bonds is 4. The first kappa shape index (κ1) is 21.3. The maximum absolute atomic E-state index is 12.9. The quantitative estimate of drug-likeness (QED) is 0.596. The van der Waals surface area contributed by atoms with Crippen LogP contribution < -0.4 is 4.90 Å². The van der Waals surface area contributed by atoms with Crippen LogP contribution >= 0.6 is 11.5 Å². The van der Waals surface area contributed by atoms with E-state index in [0.29, 0.717) is 32.6 Å². The number of nitrogens with zero attached hydrogens (tertiary/aromatic N) is 4. The molecule has 0 saturated carbocycles. The molecule has 0 N–H and O–H groups in total. The normalized spacial score (nSPS) is 14.7. The summed E-state index contributed by atoms with van der Waals surface area (Å²) in [6, 6.07) is 12.8. The summed E-state index contributed by atoms with van der Waals surface area (Å²) in [5.74, 6) is 0.370. The number of anilines is 1. The molecule has 1 aliphatic rings. The van der Waals surface area contributed by atoms with Crippen LogP contribution in [0.1, 0.15) is 32.9 Å². The van der Waals surface area contributed by atoms with E-state index in [2.05, 4.69) is 38.5 Å². The molecule has 31 heavy (non-hydrogen) atoms. The minimum absolute atomic E-state index is 0.0552. The SMILES string of the molecule is Cc1ccc(Cc2nsc(N3CCN(C(=O)c4cccc(C(F)(F)F)c4)CC3)n2)cc1. The van der Waals surface area contributed by atoms with Gasteiger partial charge in [-0.25, -0.2) is 4.98 Å². The molecule has 0 atom stereocenters. The van der Waals surface area contributed by atoms with E-state index < -0.39 is 11.7 Å². The first-order valence-corrected chi connectivity index (χ1v) is 10.7. The van der Waals surface area contributed by atoms with Crippen molar-refractivity contribution >= 4 is 22.6 Å². The largest absolute Gasteiger partial charge is 0.416 e. The van der Waals surface area contributed by atoms with Gasteiger partial charge in [-0.3, -0.25) is 4.79 Å². The summed E-state index contributed by atoms with van der Waals surface area (Å²) in [6.45, 7) is 4.00. The third-order valence-electron chi connectivity index (χ3n) is 5.21. The van der Waals surface area contributed by atoms with Gasteiger partial charge in [0.25, 0.3) is 5.91 Å². The van der Waals surface area contributed by atoms with E-state index in [4.69, 9.17) is 0 Å². The molecule has 162 valence electrons. The van der Waals surface area contributed by atoms with Gasteiger partial charge in [-0.05, 0) is 30.7 Å². The van der Waals surface area contributed by atoms with E-state index in [1.165, 1.54) is 29.2 Å². The van der Waals surface area contributed by atoms with Gasteiger partial charge >= 0.3 is 6.18 Å². The Bertz CT molecular complexity index is 1060. The Kier molecular flexibility index (Phi) is 5.95. The van der Waals surface area contributed by atoms with Gasteiger partial charge in [0.05, 0.1) is 5.56 Å². The van der Waals surface area contributed by atoms with Gasteiger partial charge in [0.2, 0.25) is 5.13 Å². The number of halogens is 3. The van der Waals surface area contributed by atoms with E-state index in [0.717, 1.165) is 28.7 Å². The number of aryl methyl sites for hydroxylation is 1. The second-order valence-corrected chi connectivity index (χ2v) is 8.24. The van der Waals surface area contributed by atoms with Crippen LogP contribution in [0.2, 0.25) is 0 Å². The van der Waals surface area contributed by atoms with Crippen molar-refractivity contribution in [1.82, 2.24) is 14.3 Å². The molecule has 9 heteroatoms. The number of hydrogen-bond acceptors (Lipinski definition) is 5. The number of alkyl halides is 3. The monoisotopic (exact) mass is 446 g/mol. The molecular formula is C22H21F3N4OS. The fourth-order valence-electron chi connectivity index (χ4n) is 3.45. The second kappa shape index (κ2) is 8.66. The van der Waals surface area contributed by atoms with Crippen LogP contribution in [0.15, 0.2) is 48.5 Å². The Balaban J connectivity index is 1.36. The average molecular weight is 446 g/mol. The van der Waals surface area contributed by atoms with Crippen molar-refractivity contribution in [3.8, 4) is 0 Å². The molecule has 1 aliphatic heterocycles. The molecule has 0 aliphatic carbocycles. The maximum Gasteiger partial charge on any atom is 0.416 e. The summed E-state index contributed by atoms with van der Waals surface area (Å²) < 4.78 is 43.2. The van der Waals surface area contributed by atoms with E-state index in [9.17, 15) is 18.0 Å².